The molecular weight excluding hydrogens is 171 g/mol. The highest BCUT2D eigenvalue weighted by molar-refractivity contribution is 6.02. The molecule has 0 fully saturated rings. The van der Waals surface area contributed by atoms with Gasteiger partial charge in [-0.25, -0.2) is 4.39 Å². The summed E-state index contributed by atoms with van der Waals surface area (Å²) < 4.78 is 12.8. The fourth-order valence-electron chi connectivity index (χ4n) is 1.68. The molecule has 0 heterocycles. The van der Waals surface area contributed by atoms with Gasteiger partial charge < -0.3 is 5.11 Å². The van der Waals surface area contributed by atoms with Gasteiger partial charge >= 0.3 is 0 Å². The zero-order chi connectivity index (χ0) is 9.42. The summed E-state index contributed by atoms with van der Waals surface area (Å²) in [7, 11) is 0. The summed E-state index contributed by atoms with van der Waals surface area (Å²) in [6.45, 7) is -0.158. The number of rotatable bonds is 1. The number of hydrogen-bond acceptors (Lipinski definition) is 2. The van der Waals surface area contributed by atoms with E-state index in [4.69, 9.17) is 5.11 Å². The van der Waals surface area contributed by atoms with Crippen molar-refractivity contribution in [1.29, 1.82) is 0 Å². The molecule has 0 spiro atoms. The second-order valence-corrected chi connectivity index (χ2v) is 3.25. The molecule has 2 rings (SSSR count). The summed E-state index contributed by atoms with van der Waals surface area (Å²) in [5.41, 5.74) is 1.27. The van der Waals surface area contributed by atoms with E-state index in [9.17, 15) is 9.18 Å². The summed E-state index contributed by atoms with van der Waals surface area (Å²) >= 11 is 0. The van der Waals surface area contributed by atoms with Crippen molar-refractivity contribution in [3.05, 3.63) is 35.1 Å². The SMILES string of the molecule is O=C1c2cc(F)ccc2CC1CO. The molecule has 1 aromatic rings. The largest absolute Gasteiger partial charge is 0.396 e. The Hall–Kier alpha value is -1.22. The van der Waals surface area contributed by atoms with Crippen LogP contribution in [-0.2, 0) is 6.42 Å². The van der Waals surface area contributed by atoms with Crippen molar-refractivity contribution in [1.82, 2.24) is 0 Å². The topological polar surface area (TPSA) is 37.3 Å². The summed E-state index contributed by atoms with van der Waals surface area (Å²) in [5.74, 6) is -0.903. The first kappa shape index (κ1) is 8.38. The monoisotopic (exact) mass is 180 g/mol. The second kappa shape index (κ2) is 2.92. The Kier molecular flexibility index (Phi) is 1.88. The summed E-state index contributed by atoms with van der Waals surface area (Å²) in [6, 6.07) is 4.19. The fourth-order valence-corrected chi connectivity index (χ4v) is 1.68. The number of aliphatic hydroxyl groups is 1. The molecule has 1 N–H and O–H groups in total. The lowest BCUT2D eigenvalue weighted by molar-refractivity contribution is 0.0883. The first-order valence-electron chi connectivity index (χ1n) is 4.16. The van der Waals surface area contributed by atoms with Crippen molar-refractivity contribution in [2.45, 2.75) is 6.42 Å². The van der Waals surface area contributed by atoms with Crippen molar-refractivity contribution in [2.24, 2.45) is 5.92 Å². The smallest absolute Gasteiger partial charge is 0.168 e. The minimum atomic E-state index is -0.398. The standard InChI is InChI=1S/C10H9FO2/c11-8-2-1-6-3-7(5-12)10(13)9(6)4-8/h1-2,4,7,12H,3,5H2. The van der Waals surface area contributed by atoms with Crippen molar-refractivity contribution in [3.8, 4) is 0 Å². The minimum absolute atomic E-state index is 0.142. The molecule has 1 atom stereocenters. The maximum absolute atomic E-state index is 12.8. The number of ketones is 1. The highest BCUT2D eigenvalue weighted by atomic mass is 19.1. The highest BCUT2D eigenvalue weighted by Gasteiger charge is 2.29. The van der Waals surface area contributed by atoms with E-state index in [0.717, 1.165) is 5.56 Å². The van der Waals surface area contributed by atoms with Gasteiger partial charge in [-0.2, -0.15) is 0 Å². The first-order chi connectivity index (χ1) is 6.22. The lowest BCUT2D eigenvalue weighted by atomic mass is 10.1. The molecule has 68 valence electrons. The zero-order valence-corrected chi connectivity index (χ0v) is 6.96. The van der Waals surface area contributed by atoms with Crippen molar-refractivity contribution in [3.63, 3.8) is 0 Å². The zero-order valence-electron chi connectivity index (χ0n) is 6.96. The van der Waals surface area contributed by atoms with E-state index >= 15 is 0 Å². The van der Waals surface area contributed by atoms with Crippen molar-refractivity contribution in [2.75, 3.05) is 6.61 Å². The van der Waals surface area contributed by atoms with Crippen LogP contribution in [0.4, 0.5) is 4.39 Å². The van der Waals surface area contributed by atoms with E-state index < -0.39 is 5.82 Å². The number of carbonyl (C=O) groups is 1. The molecule has 13 heavy (non-hydrogen) atoms. The maximum atomic E-state index is 12.8. The molecule has 1 unspecified atom stereocenters. The van der Waals surface area contributed by atoms with E-state index in [1.54, 1.807) is 6.07 Å². The van der Waals surface area contributed by atoms with Crippen LogP contribution in [0, 0.1) is 11.7 Å². The molecule has 0 saturated carbocycles. The van der Waals surface area contributed by atoms with Crippen LogP contribution >= 0.6 is 0 Å². The Bertz CT molecular complexity index is 360. The Morgan fingerprint density at radius 1 is 1.54 bits per heavy atom. The number of aliphatic hydroxyl groups excluding tert-OH is 1. The number of benzene rings is 1. The normalized spacial score (nSPS) is 20.5. The lowest BCUT2D eigenvalue weighted by Gasteiger charge is -1.99. The van der Waals surface area contributed by atoms with Crippen molar-refractivity contribution >= 4 is 5.78 Å². The van der Waals surface area contributed by atoms with Gasteiger partial charge in [0.15, 0.2) is 5.78 Å². The number of halogens is 1. The molecule has 0 saturated heterocycles. The predicted molar refractivity (Wildman–Crippen MR) is 45.0 cm³/mol. The number of Topliss-reactive ketones (excluding diaryl/α,β-unsaturated/α-hetero) is 1. The molecule has 1 aliphatic carbocycles. The average Bonchev–Trinajstić information content (AvgIpc) is 2.44. The van der Waals surface area contributed by atoms with E-state index in [1.807, 2.05) is 0 Å². The number of carbonyl (C=O) groups excluding carboxylic acids is 1. The molecule has 0 bridgehead atoms. The van der Waals surface area contributed by atoms with Gasteiger partial charge in [-0.3, -0.25) is 4.79 Å². The lowest BCUT2D eigenvalue weighted by Crippen LogP contribution is -2.12. The van der Waals surface area contributed by atoms with Crippen LogP contribution in [0.15, 0.2) is 18.2 Å². The number of fused-ring (bicyclic) bond motifs is 1. The molecule has 3 heteroatoms. The Balaban J connectivity index is 2.45. The summed E-state index contributed by atoms with van der Waals surface area (Å²) in [4.78, 5) is 11.5. The fraction of sp³-hybridized carbons (Fsp3) is 0.300. The van der Waals surface area contributed by atoms with Crippen LogP contribution in [0.3, 0.4) is 0 Å². The molecule has 1 aliphatic rings. The minimum Gasteiger partial charge on any atom is -0.396 e. The average molecular weight is 180 g/mol. The molecule has 2 nitrogen and oxygen atoms in total. The van der Waals surface area contributed by atoms with Gasteiger partial charge in [0.1, 0.15) is 5.82 Å². The van der Waals surface area contributed by atoms with E-state index in [1.165, 1.54) is 12.1 Å². The van der Waals surface area contributed by atoms with E-state index in [2.05, 4.69) is 0 Å². The highest BCUT2D eigenvalue weighted by Crippen LogP contribution is 2.26. The third-order valence-electron chi connectivity index (χ3n) is 2.39. The third kappa shape index (κ3) is 1.25. The van der Waals surface area contributed by atoms with Gasteiger partial charge in [0.05, 0.1) is 6.61 Å². The first-order valence-corrected chi connectivity index (χ1v) is 4.16. The molecule has 0 radical (unpaired) electrons. The van der Waals surface area contributed by atoms with Gasteiger partial charge in [0.2, 0.25) is 0 Å². The Morgan fingerprint density at radius 3 is 3.00 bits per heavy atom. The molecular formula is C10H9FO2. The van der Waals surface area contributed by atoms with Crippen LogP contribution < -0.4 is 0 Å². The maximum Gasteiger partial charge on any atom is 0.168 e. The quantitative estimate of drug-likeness (QED) is 0.704. The third-order valence-corrected chi connectivity index (χ3v) is 2.39. The molecule has 1 aromatic carbocycles. The van der Waals surface area contributed by atoms with Crippen LogP contribution in [-0.4, -0.2) is 17.5 Å². The summed E-state index contributed by atoms with van der Waals surface area (Å²) in [6.07, 6.45) is 0.533. The molecule has 0 aliphatic heterocycles. The van der Waals surface area contributed by atoms with Crippen LogP contribution in [0.2, 0.25) is 0 Å². The summed E-state index contributed by atoms with van der Waals surface area (Å²) in [5, 5.41) is 8.86. The van der Waals surface area contributed by atoms with Crippen molar-refractivity contribution < 1.29 is 14.3 Å². The van der Waals surface area contributed by atoms with Gasteiger partial charge in [0.25, 0.3) is 0 Å². The van der Waals surface area contributed by atoms with Crippen LogP contribution in [0.25, 0.3) is 0 Å². The van der Waals surface area contributed by atoms with Gasteiger partial charge in [0, 0.05) is 11.5 Å². The van der Waals surface area contributed by atoms with Gasteiger partial charge in [-0.05, 0) is 24.1 Å². The Labute approximate surface area is 75.0 Å². The molecule has 0 amide bonds. The van der Waals surface area contributed by atoms with Crippen LogP contribution in [0.1, 0.15) is 15.9 Å². The predicted octanol–water partition coefficient (Wildman–Crippen LogP) is 1.17. The van der Waals surface area contributed by atoms with E-state index in [0.29, 0.717) is 12.0 Å². The Morgan fingerprint density at radius 2 is 2.31 bits per heavy atom. The van der Waals surface area contributed by atoms with Crippen LogP contribution in [0.5, 0.6) is 0 Å². The molecule has 0 aromatic heterocycles. The number of hydrogen-bond donors (Lipinski definition) is 1. The van der Waals surface area contributed by atoms with Gasteiger partial charge in [-0.1, -0.05) is 6.07 Å². The van der Waals surface area contributed by atoms with Gasteiger partial charge in [-0.15, -0.1) is 0 Å². The second-order valence-electron chi connectivity index (χ2n) is 3.25. The van der Waals surface area contributed by atoms with E-state index in [-0.39, 0.29) is 18.3 Å².